The SMILES string of the molecule is C/C(=N\NC(=O)c1cc(Br)ccc1O)c1ccc2c(c1)OCCO2. The van der Waals surface area contributed by atoms with Crippen molar-refractivity contribution < 1.29 is 19.4 Å². The second kappa shape index (κ2) is 6.92. The van der Waals surface area contributed by atoms with Crippen LogP contribution < -0.4 is 14.9 Å². The Morgan fingerprint density at radius 3 is 2.71 bits per heavy atom. The zero-order chi connectivity index (χ0) is 17.1. The third-order valence-electron chi connectivity index (χ3n) is 3.49. The predicted octanol–water partition coefficient (Wildman–Crippen LogP) is 3.08. The van der Waals surface area contributed by atoms with E-state index in [0.29, 0.717) is 34.9 Å². The van der Waals surface area contributed by atoms with Crippen LogP contribution in [-0.2, 0) is 0 Å². The van der Waals surface area contributed by atoms with Crippen LogP contribution in [0.15, 0.2) is 46.0 Å². The first-order chi connectivity index (χ1) is 11.5. The molecule has 1 aliphatic heterocycles. The lowest BCUT2D eigenvalue weighted by molar-refractivity contribution is 0.0952. The quantitative estimate of drug-likeness (QED) is 0.623. The summed E-state index contributed by atoms with van der Waals surface area (Å²) in [5.41, 5.74) is 3.99. The molecule has 6 nitrogen and oxygen atoms in total. The zero-order valence-corrected chi connectivity index (χ0v) is 14.5. The number of nitrogens with zero attached hydrogens (tertiary/aromatic N) is 1. The number of rotatable bonds is 3. The summed E-state index contributed by atoms with van der Waals surface area (Å²) >= 11 is 3.26. The van der Waals surface area contributed by atoms with Crippen LogP contribution in [-0.4, -0.2) is 29.9 Å². The van der Waals surface area contributed by atoms with Gasteiger partial charge in [-0.25, -0.2) is 5.43 Å². The van der Waals surface area contributed by atoms with E-state index >= 15 is 0 Å². The number of aromatic hydroxyl groups is 1. The van der Waals surface area contributed by atoms with Gasteiger partial charge in [-0.15, -0.1) is 0 Å². The van der Waals surface area contributed by atoms with Gasteiger partial charge in [0, 0.05) is 10.0 Å². The normalized spacial score (nSPS) is 13.5. The Labute approximate surface area is 147 Å². The van der Waals surface area contributed by atoms with Crippen LogP contribution in [0.3, 0.4) is 0 Å². The van der Waals surface area contributed by atoms with Crippen molar-refractivity contribution in [1.29, 1.82) is 0 Å². The molecule has 124 valence electrons. The molecule has 24 heavy (non-hydrogen) atoms. The van der Waals surface area contributed by atoms with E-state index in [2.05, 4.69) is 26.5 Å². The van der Waals surface area contributed by atoms with Gasteiger partial charge < -0.3 is 14.6 Å². The first-order valence-electron chi connectivity index (χ1n) is 7.28. The van der Waals surface area contributed by atoms with E-state index < -0.39 is 5.91 Å². The number of halogens is 1. The van der Waals surface area contributed by atoms with Crippen LogP contribution in [0.5, 0.6) is 17.2 Å². The summed E-state index contributed by atoms with van der Waals surface area (Å²) in [5.74, 6) is 0.749. The van der Waals surface area contributed by atoms with Crippen LogP contribution in [0.2, 0.25) is 0 Å². The average Bonchev–Trinajstić information content (AvgIpc) is 2.61. The number of benzene rings is 2. The van der Waals surface area contributed by atoms with Gasteiger partial charge in [0.15, 0.2) is 11.5 Å². The van der Waals surface area contributed by atoms with Gasteiger partial charge in [0.25, 0.3) is 5.91 Å². The maximum Gasteiger partial charge on any atom is 0.275 e. The summed E-state index contributed by atoms with van der Waals surface area (Å²) in [6, 6.07) is 10.1. The highest BCUT2D eigenvalue weighted by molar-refractivity contribution is 9.10. The van der Waals surface area contributed by atoms with Gasteiger partial charge >= 0.3 is 0 Å². The van der Waals surface area contributed by atoms with E-state index in [1.54, 1.807) is 13.0 Å². The number of phenolic OH excluding ortho intramolecular Hbond substituents is 1. The van der Waals surface area contributed by atoms with Crippen molar-refractivity contribution >= 4 is 27.5 Å². The van der Waals surface area contributed by atoms with Crippen molar-refractivity contribution in [3.05, 3.63) is 52.0 Å². The fourth-order valence-corrected chi connectivity index (χ4v) is 2.58. The van der Waals surface area contributed by atoms with Crippen molar-refractivity contribution in [3.8, 4) is 17.2 Å². The Balaban J connectivity index is 1.76. The molecule has 0 aliphatic carbocycles. The lowest BCUT2D eigenvalue weighted by Gasteiger charge is -2.18. The summed E-state index contributed by atoms with van der Waals surface area (Å²) in [4.78, 5) is 12.1. The lowest BCUT2D eigenvalue weighted by Crippen LogP contribution is -2.20. The van der Waals surface area contributed by atoms with Gasteiger partial charge in [0.05, 0.1) is 11.3 Å². The average molecular weight is 391 g/mol. The summed E-state index contributed by atoms with van der Waals surface area (Å²) in [5, 5.41) is 13.8. The van der Waals surface area contributed by atoms with Crippen molar-refractivity contribution in [2.24, 2.45) is 5.10 Å². The first-order valence-corrected chi connectivity index (χ1v) is 8.07. The predicted molar refractivity (Wildman–Crippen MR) is 92.9 cm³/mol. The molecule has 7 heteroatoms. The van der Waals surface area contributed by atoms with Crippen molar-refractivity contribution in [3.63, 3.8) is 0 Å². The molecule has 0 aromatic heterocycles. The molecule has 0 fully saturated rings. The highest BCUT2D eigenvalue weighted by Gasteiger charge is 2.14. The Kier molecular flexibility index (Phi) is 4.71. The lowest BCUT2D eigenvalue weighted by atomic mass is 10.1. The van der Waals surface area contributed by atoms with Gasteiger partial charge in [-0.3, -0.25) is 4.79 Å². The molecule has 0 spiro atoms. The van der Waals surface area contributed by atoms with Crippen molar-refractivity contribution in [2.45, 2.75) is 6.92 Å². The maximum atomic E-state index is 12.1. The van der Waals surface area contributed by atoms with E-state index in [9.17, 15) is 9.90 Å². The van der Waals surface area contributed by atoms with Crippen LogP contribution in [0.4, 0.5) is 0 Å². The van der Waals surface area contributed by atoms with Crippen molar-refractivity contribution in [1.82, 2.24) is 5.43 Å². The molecule has 0 radical (unpaired) electrons. The second-order valence-electron chi connectivity index (χ2n) is 5.16. The summed E-state index contributed by atoms with van der Waals surface area (Å²) in [6.45, 7) is 2.81. The third kappa shape index (κ3) is 3.51. The first kappa shape index (κ1) is 16.3. The minimum atomic E-state index is -0.495. The molecule has 3 rings (SSSR count). The Morgan fingerprint density at radius 1 is 1.17 bits per heavy atom. The molecular formula is C17H15BrN2O4. The number of hydrogen-bond acceptors (Lipinski definition) is 5. The van der Waals surface area contributed by atoms with E-state index in [4.69, 9.17) is 9.47 Å². The smallest absolute Gasteiger partial charge is 0.275 e. The summed E-state index contributed by atoms with van der Waals surface area (Å²) in [7, 11) is 0. The van der Waals surface area contributed by atoms with E-state index in [-0.39, 0.29) is 11.3 Å². The van der Waals surface area contributed by atoms with Crippen LogP contribution in [0, 0.1) is 0 Å². The van der Waals surface area contributed by atoms with Gasteiger partial charge in [-0.05, 0) is 43.3 Å². The van der Waals surface area contributed by atoms with Crippen LogP contribution in [0.25, 0.3) is 0 Å². The Bertz CT molecular complexity index is 820. The molecule has 0 saturated heterocycles. The number of ether oxygens (including phenoxy) is 2. The molecule has 0 unspecified atom stereocenters. The number of hydrazone groups is 1. The minimum absolute atomic E-state index is 0.108. The van der Waals surface area contributed by atoms with Crippen LogP contribution >= 0.6 is 15.9 Å². The number of nitrogens with one attached hydrogen (secondary N) is 1. The molecular weight excluding hydrogens is 376 g/mol. The molecule has 0 atom stereocenters. The Hall–Kier alpha value is -2.54. The monoisotopic (exact) mass is 390 g/mol. The van der Waals surface area contributed by atoms with Gasteiger partial charge in [0.2, 0.25) is 0 Å². The second-order valence-corrected chi connectivity index (χ2v) is 6.07. The van der Waals surface area contributed by atoms with E-state index in [1.807, 2.05) is 18.2 Å². The largest absolute Gasteiger partial charge is 0.507 e. The standard InChI is InChI=1S/C17H15BrN2O4/c1-10(11-2-5-15-16(8-11)24-7-6-23-15)19-20-17(22)13-9-12(18)3-4-14(13)21/h2-5,8-9,21H,6-7H2,1H3,(H,20,22)/b19-10+. The number of phenols is 1. The van der Waals surface area contributed by atoms with Crippen molar-refractivity contribution in [2.75, 3.05) is 13.2 Å². The Morgan fingerprint density at radius 2 is 1.92 bits per heavy atom. The zero-order valence-electron chi connectivity index (χ0n) is 12.9. The number of fused-ring (bicyclic) bond motifs is 1. The highest BCUT2D eigenvalue weighted by Crippen LogP contribution is 2.30. The maximum absolute atomic E-state index is 12.1. The summed E-state index contributed by atoms with van der Waals surface area (Å²) in [6.07, 6.45) is 0. The fraction of sp³-hybridized carbons (Fsp3) is 0.176. The van der Waals surface area contributed by atoms with Gasteiger partial charge in [-0.2, -0.15) is 5.10 Å². The number of amides is 1. The molecule has 1 aliphatic rings. The molecule has 2 N–H and O–H groups in total. The fourth-order valence-electron chi connectivity index (χ4n) is 2.22. The van der Waals surface area contributed by atoms with Crippen LogP contribution in [0.1, 0.15) is 22.8 Å². The summed E-state index contributed by atoms with van der Waals surface area (Å²) < 4.78 is 11.7. The number of hydrogen-bond donors (Lipinski definition) is 2. The molecule has 2 aromatic rings. The third-order valence-corrected chi connectivity index (χ3v) is 3.98. The molecule has 0 bridgehead atoms. The number of carbonyl (C=O) groups is 1. The van der Waals surface area contributed by atoms with E-state index in [0.717, 1.165) is 5.56 Å². The topological polar surface area (TPSA) is 80.2 Å². The highest BCUT2D eigenvalue weighted by atomic mass is 79.9. The van der Waals surface area contributed by atoms with Gasteiger partial charge in [0.1, 0.15) is 19.0 Å². The van der Waals surface area contributed by atoms with Gasteiger partial charge in [-0.1, -0.05) is 15.9 Å². The van der Waals surface area contributed by atoms with E-state index in [1.165, 1.54) is 12.1 Å². The molecule has 1 amide bonds. The molecule has 1 heterocycles. The minimum Gasteiger partial charge on any atom is -0.507 e. The molecule has 0 saturated carbocycles. The molecule has 2 aromatic carbocycles. The number of carbonyl (C=O) groups excluding carboxylic acids is 1.